The first-order valence-corrected chi connectivity index (χ1v) is 5.66. The second-order valence-corrected chi connectivity index (χ2v) is 4.10. The second kappa shape index (κ2) is 5.42. The molecule has 1 aromatic carbocycles. The van der Waals surface area contributed by atoms with Crippen molar-refractivity contribution in [3.8, 4) is 0 Å². The van der Waals surface area contributed by atoms with Crippen LogP contribution >= 0.6 is 12.6 Å². The minimum Gasteiger partial charge on any atom is -0.308 e. The van der Waals surface area contributed by atoms with Gasteiger partial charge >= 0.3 is 0 Å². The van der Waals surface area contributed by atoms with Gasteiger partial charge in [0.2, 0.25) is 0 Å². The van der Waals surface area contributed by atoms with Gasteiger partial charge in [-0.3, -0.25) is 0 Å². The number of hydrogen-bond donors (Lipinski definition) is 2. The number of aryl methyl sites for hydroxylation is 3. The minimum atomic E-state index is 0.754. The Morgan fingerprint density at radius 2 is 1.71 bits per heavy atom. The zero-order valence-corrected chi connectivity index (χ0v) is 10.1. The SMILES string of the molecule is Cc1cc(C)c(CCNCS)c(C)c1. The molecule has 0 aliphatic heterocycles. The molecule has 0 bridgehead atoms. The lowest BCUT2D eigenvalue weighted by Gasteiger charge is -2.11. The molecule has 1 aromatic rings. The Hall–Kier alpha value is -0.470. The molecule has 1 nitrogen and oxygen atoms in total. The van der Waals surface area contributed by atoms with Gasteiger partial charge in [-0.15, -0.1) is 0 Å². The molecule has 0 heterocycles. The van der Waals surface area contributed by atoms with Crippen molar-refractivity contribution >= 4 is 12.6 Å². The maximum Gasteiger partial charge on any atom is 0.0387 e. The number of benzene rings is 1. The van der Waals surface area contributed by atoms with Gasteiger partial charge in [-0.05, 0) is 50.4 Å². The van der Waals surface area contributed by atoms with E-state index in [1.165, 1.54) is 22.3 Å². The third-order valence-corrected chi connectivity index (χ3v) is 2.73. The zero-order valence-electron chi connectivity index (χ0n) is 9.22. The van der Waals surface area contributed by atoms with Gasteiger partial charge in [0, 0.05) is 5.88 Å². The molecule has 78 valence electrons. The lowest BCUT2D eigenvalue weighted by Crippen LogP contribution is -2.15. The zero-order chi connectivity index (χ0) is 10.6. The molecule has 0 saturated carbocycles. The Kier molecular flexibility index (Phi) is 4.49. The molecule has 14 heavy (non-hydrogen) atoms. The number of rotatable bonds is 4. The maximum atomic E-state index is 4.12. The van der Waals surface area contributed by atoms with E-state index < -0.39 is 0 Å². The predicted molar refractivity (Wildman–Crippen MR) is 66.2 cm³/mol. The van der Waals surface area contributed by atoms with Gasteiger partial charge in [-0.25, -0.2) is 0 Å². The average Bonchev–Trinajstić information content (AvgIpc) is 2.09. The molecule has 0 amide bonds. The van der Waals surface area contributed by atoms with E-state index in [0.717, 1.165) is 18.8 Å². The maximum absolute atomic E-state index is 4.12. The summed E-state index contributed by atoms with van der Waals surface area (Å²) in [6.45, 7) is 7.54. The van der Waals surface area contributed by atoms with E-state index in [1.54, 1.807) is 0 Å². The van der Waals surface area contributed by atoms with Gasteiger partial charge in [0.05, 0.1) is 0 Å². The van der Waals surface area contributed by atoms with Crippen LogP contribution in [0, 0.1) is 20.8 Å². The van der Waals surface area contributed by atoms with Crippen molar-refractivity contribution in [3.63, 3.8) is 0 Å². The summed E-state index contributed by atoms with van der Waals surface area (Å²) in [7, 11) is 0. The summed E-state index contributed by atoms with van der Waals surface area (Å²) >= 11 is 4.12. The van der Waals surface area contributed by atoms with E-state index in [0.29, 0.717) is 0 Å². The normalized spacial score (nSPS) is 10.6. The molecule has 0 radical (unpaired) electrons. The number of thiol groups is 1. The number of nitrogens with one attached hydrogen (secondary N) is 1. The van der Waals surface area contributed by atoms with Crippen LogP contribution in [0.1, 0.15) is 22.3 Å². The highest BCUT2D eigenvalue weighted by molar-refractivity contribution is 7.80. The largest absolute Gasteiger partial charge is 0.308 e. The molecular weight excluding hydrogens is 190 g/mol. The molecule has 0 aliphatic rings. The van der Waals surface area contributed by atoms with Gasteiger partial charge in [0.25, 0.3) is 0 Å². The molecular formula is C12H19NS. The van der Waals surface area contributed by atoms with Gasteiger partial charge in [0.15, 0.2) is 0 Å². The summed E-state index contributed by atoms with van der Waals surface area (Å²) in [5, 5.41) is 3.23. The lowest BCUT2D eigenvalue weighted by atomic mass is 9.97. The molecule has 0 atom stereocenters. The molecule has 0 aliphatic carbocycles. The van der Waals surface area contributed by atoms with Crippen LogP contribution in [0.4, 0.5) is 0 Å². The van der Waals surface area contributed by atoms with Crippen molar-refractivity contribution in [1.82, 2.24) is 5.32 Å². The highest BCUT2D eigenvalue weighted by Gasteiger charge is 2.02. The first kappa shape index (κ1) is 11.6. The fourth-order valence-corrected chi connectivity index (χ4v) is 2.05. The monoisotopic (exact) mass is 209 g/mol. The standard InChI is InChI=1S/C12H19NS/c1-9-6-10(2)12(11(3)7-9)4-5-13-8-14/h6-7,13-14H,4-5,8H2,1-3H3. The molecule has 2 heteroatoms. The van der Waals surface area contributed by atoms with E-state index in [9.17, 15) is 0 Å². The topological polar surface area (TPSA) is 12.0 Å². The average molecular weight is 209 g/mol. The minimum absolute atomic E-state index is 0.754. The van der Waals surface area contributed by atoms with Crippen molar-refractivity contribution in [2.75, 3.05) is 12.4 Å². The fraction of sp³-hybridized carbons (Fsp3) is 0.500. The van der Waals surface area contributed by atoms with Crippen LogP contribution in [-0.4, -0.2) is 12.4 Å². The molecule has 0 saturated heterocycles. The van der Waals surface area contributed by atoms with E-state index in [-0.39, 0.29) is 0 Å². The second-order valence-electron chi connectivity index (χ2n) is 3.79. The van der Waals surface area contributed by atoms with Crippen molar-refractivity contribution < 1.29 is 0 Å². The summed E-state index contributed by atoms with van der Waals surface area (Å²) in [6, 6.07) is 4.51. The summed E-state index contributed by atoms with van der Waals surface area (Å²) in [4.78, 5) is 0. The van der Waals surface area contributed by atoms with E-state index in [4.69, 9.17) is 0 Å². The van der Waals surface area contributed by atoms with Crippen LogP contribution < -0.4 is 5.32 Å². The first-order chi connectivity index (χ1) is 6.65. The van der Waals surface area contributed by atoms with Gasteiger partial charge in [-0.2, -0.15) is 12.6 Å². The third-order valence-electron chi connectivity index (χ3n) is 2.50. The van der Waals surface area contributed by atoms with E-state index >= 15 is 0 Å². The molecule has 1 N–H and O–H groups in total. The van der Waals surface area contributed by atoms with Crippen molar-refractivity contribution in [2.45, 2.75) is 27.2 Å². The van der Waals surface area contributed by atoms with Gasteiger partial charge in [-0.1, -0.05) is 17.7 Å². The van der Waals surface area contributed by atoms with Gasteiger partial charge < -0.3 is 5.32 Å². The van der Waals surface area contributed by atoms with Gasteiger partial charge in [0.1, 0.15) is 0 Å². The number of hydrogen-bond acceptors (Lipinski definition) is 2. The summed E-state index contributed by atoms with van der Waals surface area (Å²) in [6.07, 6.45) is 1.10. The van der Waals surface area contributed by atoms with Crippen LogP contribution in [0.3, 0.4) is 0 Å². The van der Waals surface area contributed by atoms with Crippen molar-refractivity contribution in [3.05, 3.63) is 34.4 Å². The molecule has 0 aromatic heterocycles. The fourth-order valence-electron chi connectivity index (χ4n) is 1.90. The van der Waals surface area contributed by atoms with Crippen LogP contribution in [-0.2, 0) is 6.42 Å². The van der Waals surface area contributed by atoms with E-state index in [1.807, 2.05) is 0 Å². The first-order valence-electron chi connectivity index (χ1n) is 5.03. The third kappa shape index (κ3) is 3.03. The van der Waals surface area contributed by atoms with E-state index in [2.05, 4.69) is 50.8 Å². The van der Waals surface area contributed by atoms with Crippen molar-refractivity contribution in [1.29, 1.82) is 0 Å². The Labute approximate surface area is 92.3 Å². The smallest absolute Gasteiger partial charge is 0.0387 e. The Morgan fingerprint density at radius 3 is 2.21 bits per heavy atom. The molecule has 0 spiro atoms. The summed E-state index contributed by atoms with van der Waals surface area (Å²) in [5.41, 5.74) is 5.64. The van der Waals surface area contributed by atoms with Crippen LogP contribution in [0.2, 0.25) is 0 Å². The van der Waals surface area contributed by atoms with Crippen LogP contribution in [0.5, 0.6) is 0 Å². The lowest BCUT2D eigenvalue weighted by molar-refractivity contribution is 0.770. The predicted octanol–water partition coefficient (Wildman–Crippen LogP) is 2.63. The molecule has 0 fully saturated rings. The van der Waals surface area contributed by atoms with Crippen LogP contribution in [0.25, 0.3) is 0 Å². The summed E-state index contributed by atoms with van der Waals surface area (Å²) < 4.78 is 0. The van der Waals surface area contributed by atoms with Crippen molar-refractivity contribution in [2.24, 2.45) is 0 Å². The highest BCUT2D eigenvalue weighted by atomic mass is 32.1. The Balaban J connectivity index is 2.75. The molecule has 1 rings (SSSR count). The summed E-state index contributed by atoms with van der Waals surface area (Å²) in [5.74, 6) is 0.754. The quantitative estimate of drug-likeness (QED) is 0.441. The highest BCUT2D eigenvalue weighted by Crippen LogP contribution is 2.16. The Bertz CT molecular complexity index is 284. The van der Waals surface area contributed by atoms with Crippen LogP contribution in [0.15, 0.2) is 12.1 Å². The molecule has 0 unspecified atom stereocenters. The Morgan fingerprint density at radius 1 is 1.14 bits per heavy atom.